The first-order valence-electron chi connectivity index (χ1n) is 6.52. The Morgan fingerprint density at radius 1 is 1.30 bits per heavy atom. The molecule has 1 aliphatic heterocycles. The van der Waals surface area contributed by atoms with Gasteiger partial charge in [0, 0.05) is 24.8 Å². The van der Waals surface area contributed by atoms with Crippen molar-refractivity contribution in [2.24, 2.45) is 0 Å². The quantitative estimate of drug-likeness (QED) is 0.927. The third-order valence-corrected chi connectivity index (χ3v) is 3.35. The molecule has 1 saturated heterocycles. The molecule has 0 aromatic heterocycles. The molecule has 0 bridgehead atoms. The van der Waals surface area contributed by atoms with Gasteiger partial charge in [-0.1, -0.05) is 6.07 Å². The van der Waals surface area contributed by atoms with E-state index in [1.165, 1.54) is 4.90 Å². The fraction of sp³-hybridized carbons (Fsp3) is 0.500. The maximum absolute atomic E-state index is 12.3. The fourth-order valence-corrected chi connectivity index (χ4v) is 2.40. The molecule has 0 spiro atoms. The first-order chi connectivity index (χ1) is 9.46. The Morgan fingerprint density at radius 2 is 2.00 bits per heavy atom. The molecule has 0 saturated carbocycles. The Bertz CT molecular complexity index is 485. The van der Waals surface area contributed by atoms with E-state index in [0.717, 1.165) is 5.69 Å². The van der Waals surface area contributed by atoms with Crippen LogP contribution in [0.15, 0.2) is 24.3 Å². The maximum atomic E-state index is 12.3. The number of nitrogens with one attached hydrogen (secondary N) is 1. The molecule has 0 unspecified atom stereocenters. The van der Waals surface area contributed by atoms with Crippen LogP contribution >= 0.6 is 0 Å². The second-order valence-electron chi connectivity index (χ2n) is 5.00. The predicted molar refractivity (Wildman–Crippen MR) is 70.3 cm³/mol. The highest BCUT2D eigenvalue weighted by Crippen LogP contribution is 2.21. The number of hydrogen-bond donors (Lipinski definition) is 1. The second kappa shape index (κ2) is 6.14. The number of halogens is 3. The molecule has 1 aliphatic rings. The summed E-state index contributed by atoms with van der Waals surface area (Å²) in [7, 11) is 0. The number of rotatable bonds is 3. The van der Waals surface area contributed by atoms with E-state index < -0.39 is 12.7 Å². The lowest BCUT2D eigenvalue weighted by Gasteiger charge is -2.33. The lowest BCUT2D eigenvalue weighted by molar-refractivity contribution is -0.147. The molecular formula is C14H16F3N3. The average molecular weight is 283 g/mol. The Kier molecular flexibility index (Phi) is 4.50. The summed E-state index contributed by atoms with van der Waals surface area (Å²) in [4.78, 5) is 1.43. The van der Waals surface area contributed by atoms with Crippen LogP contribution in [0.5, 0.6) is 0 Å². The molecule has 3 nitrogen and oxygen atoms in total. The zero-order chi connectivity index (χ0) is 14.6. The van der Waals surface area contributed by atoms with Gasteiger partial charge in [0.25, 0.3) is 0 Å². The monoisotopic (exact) mass is 283 g/mol. The normalized spacial score (nSPS) is 17.7. The smallest absolute Gasteiger partial charge is 0.382 e. The zero-order valence-electron chi connectivity index (χ0n) is 11.0. The van der Waals surface area contributed by atoms with Gasteiger partial charge in [-0.05, 0) is 31.0 Å². The van der Waals surface area contributed by atoms with Crippen LogP contribution in [-0.4, -0.2) is 36.8 Å². The number of alkyl halides is 3. The zero-order valence-corrected chi connectivity index (χ0v) is 11.0. The number of hydrogen-bond acceptors (Lipinski definition) is 3. The highest BCUT2D eigenvalue weighted by atomic mass is 19.4. The largest absolute Gasteiger partial charge is 0.401 e. The molecule has 1 heterocycles. The van der Waals surface area contributed by atoms with Crippen LogP contribution in [0.25, 0.3) is 0 Å². The molecule has 2 rings (SSSR count). The predicted octanol–water partition coefficient (Wildman–Crippen LogP) is 3.00. The average Bonchev–Trinajstić information content (AvgIpc) is 2.40. The summed E-state index contributed by atoms with van der Waals surface area (Å²) in [6.07, 6.45) is -2.78. The SMILES string of the molecule is N#Cc1cccc(NC2CCN(CC(F)(F)F)CC2)c1. The molecule has 0 aliphatic carbocycles. The van der Waals surface area contributed by atoms with Crippen LogP contribution in [0, 0.1) is 11.3 Å². The Hall–Kier alpha value is -1.74. The van der Waals surface area contributed by atoms with Gasteiger partial charge < -0.3 is 5.32 Å². The lowest BCUT2D eigenvalue weighted by Crippen LogP contribution is -2.43. The van der Waals surface area contributed by atoms with E-state index in [2.05, 4.69) is 11.4 Å². The van der Waals surface area contributed by atoms with Crippen LogP contribution in [0.3, 0.4) is 0 Å². The number of benzene rings is 1. The fourth-order valence-electron chi connectivity index (χ4n) is 2.40. The maximum Gasteiger partial charge on any atom is 0.401 e. The first-order valence-corrected chi connectivity index (χ1v) is 6.52. The number of piperidine rings is 1. The van der Waals surface area contributed by atoms with Crippen molar-refractivity contribution in [3.63, 3.8) is 0 Å². The molecular weight excluding hydrogens is 267 g/mol. The lowest BCUT2D eigenvalue weighted by atomic mass is 10.0. The van der Waals surface area contributed by atoms with E-state index in [4.69, 9.17) is 5.26 Å². The molecule has 1 aromatic carbocycles. The Balaban J connectivity index is 1.84. The van der Waals surface area contributed by atoms with E-state index in [1.54, 1.807) is 18.2 Å². The Labute approximate surface area is 116 Å². The summed E-state index contributed by atoms with van der Waals surface area (Å²) in [6, 6.07) is 9.35. The number of likely N-dealkylation sites (tertiary alicyclic amines) is 1. The summed E-state index contributed by atoms with van der Waals surface area (Å²) in [5, 5.41) is 12.1. The van der Waals surface area contributed by atoms with Gasteiger partial charge in [0.2, 0.25) is 0 Å². The Morgan fingerprint density at radius 3 is 2.60 bits per heavy atom. The molecule has 6 heteroatoms. The molecule has 0 radical (unpaired) electrons. The van der Waals surface area contributed by atoms with Crippen LogP contribution in [-0.2, 0) is 0 Å². The highest BCUT2D eigenvalue weighted by molar-refractivity contribution is 5.49. The molecule has 20 heavy (non-hydrogen) atoms. The van der Waals surface area contributed by atoms with Crippen LogP contribution in [0.1, 0.15) is 18.4 Å². The number of nitrogens with zero attached hydrogens (tertiary/aromatic N) is 2. The summed E-state index contributed by atoms with van der Waals surface area (Å²) < 4.78 is 36.8. The highest BCUT2D eigenvalue weighted by Gasteiger charge is 2.32. The van der Waals surface area contributed by atoms with Gasteiger partial charge in [-0.15, -0.1) is 0 Å². The standard InChI is InChI=1S/C14H16F3N3/c15-14(16,17)10-20-6-4-12(5-7-20)19-13-3-1-2-11(8-13)9-18/h1-3,8,12,19H,4-7,10H2. The van der Waals surface area contributed by atoms with Crippen molar-refractivity contribution in [3.8, 4) is 6.07 Å². The minimum Gasteiger partial charge on any atom is -0.382 e. The summed E-state index contributed by atoms with van der Waals surface area (Å²) in [6.45, 7) is 0.0495. The van der Waals surface area contributed by atoms with Crippen molar-refractivity contribution >= 4 is 5.69 Å². The molecule has 0 amide bonds. The van der Waals surface area contributed by atoms with Gasteiger partial charge in [-0.3, -0.25) is 4.90 Å². The van der Waals surface area contributed by atoms with Gasteiger partial charge in [-0.2, -0.15) is 18.4 Å². The van der Waals surface area contributed by atoms with Gasteiger partial charge in [0.05, 0.1) is 18.2 Å². The van der Waals surface area contributed by atoms with Crippen molar-refractivity contribution in [1.82, 2.24) is 4.90 Å². The van der Waals surface area contributed by atoms with E-state index >= 15 is 0 Å². The van der Waals surface area contributed by atoms with Gasteiger partial charge in [-0.25, -0.2) is 0 Å². The minimum atomic E-state index is -4.12. The van der Waals surface area contributed by atoms with Gasteiger partial charge in [0.1, 0.15) is 0 Å². The topological polar surface area (TPSA) is 39.1 Å². The first kappa shape index (κ1) is 14.7. The second-order valence-corrected chi connectivity index (χ2v) is 5.00. The molecule has 1 fully saturated rings. The number of anilines is 1. The molecule has 1 N–H and O–H groups in total. The van der Waals surface area contributed by atoms with E-state index in [0.29, 0.717) is 31.5 Å². The van der Waals surface area contributed by atoms with Crippen LogP contribution in [0.2, 0.25) is 0 Å². The summed E-state index contributed by atoms with van der Waals surface area (Å²) in [5.41, 5.74) is 1.42. The third kappa shape index (κ3) is 4.42. The van der Waals surface area contributed by atoms with E-state index in [9.17, 15) is 13.2 Å². The van der Waals surface area contributed by atoms with Crippen molar-refractivity contribution in [1.29, 1.82) is 5.26 Å². The molecule has 0 atom stereocenters. The van der Waals surface area contributed by atoms with Gasteiger partial charge in [0.15, 0.2) is 0 Å². The minimum absolute atomic E-state index is 0.161. The van der Waals surface area contributed by atoms with Crippen molar-refractivity contribution in [2.75, 3.05) is 25.0 Å². The summed E-state index contributed by atoms with van der Waals surface area (Å²) in [5.74, 6) is 0. The molecule has 1 aromatic rings. The van der Waals surface area contributed by atoms with Crippen molar-refractivity contribution in [2.45, 2.75) is 25.1 Å². The van der Waals surface area contributed by atoms with Crippen molar-refractivity contribution in [3.05, 3.63) is 29.8 Å². The van der Waals surface area contributed by atoms with Crippen LogP contribution < -0.4 is 5.32 Å². The van der Waals surface area contributed by atoms with E-state index in [-0.39, 0.29) is 6.04 Å². The van der Waals surface area contributed by atoms with E-state index in [1.807, 2.05) is 6.07 Å². The number of nitriles is 1. The van der Waals surface area contributed by atoms with Gasteiger partial charge >= 0.3 is 6.18 Å². The van der Waals surface area contributed by atoms with Crippen molar-refractivity contribution < 1.29 is 13.2 Å². The third-order valence-electron chi connectivity index (χ3n) is 3.35. The van der Waals surface area contributed by atoms with Crippen LogP contribution in [0.4, 0.5) is 18.9 Å². The molecule has 108 valence electrons. The summed E-state index contributed by atoms with van der Waals surface area (Å²) >= 11 is 0.